The molecule has 1 aliphatic rings. The van der Waals surface area contributed by atoms with E-state index in [2.05, 4.69) is 4.36 Å². The minimum absolute atomic E-state index is 0. The van der Waals surface area contributed by atoms with Crippen molar-refractivity contribution < 1.29 is 10.0 Å². The zero-order chi connectivity index (χ0) is 21.6. The van der Waals surface area contributed by atoms with Crippen LogP contribution in [-0.4, -0.2) is 26.9 Å². The third kappa shape index (κ3) is 3.69. The lowest BCUT2D eigenvalue weighted by Gasteiger charge is -2.18. The van der Waals surface area contributed by atoms with Crippen LogP contribution in [0.2, 0.25) is 0 Å². The van der Waals surface area contributed by atoms with E-state index in [1.807, 2.05) is 19.9 Å². The van der Waals surface area contributed by atoms with Gasteiger partial charge in [-0.25, -0.2) is 13.6 Å². The number of aromatic nitrogens is 1. The first kappa shape index (κ1) is 20.5. The van der Waals surface area contributed by atoms with E-state index in [-0.39, 0.29) is 18.4 Å². The second-order valence-electron chi connectivity index (χ2n) is 8.18. The predicted octanol–water partition coefficient (Wildman–Crippen LogP) is 5.88. The van der Waals surface area contributed by atoms with Gasteiger partial charge in [-0.1, -0.05) is 26.0 Å². The fourth-order valence-corrected chi connectivity index (χ4v) is 5.32. The molecule has 3 N–H and O–H groups in total. The standard InChI is InChI=1S/C23H25FN4OS.H2/c1-13(2)22-21(14-4-6-16(24)7-5-14)18-10-15(12-25)20(26)11-19(18)23(27-22)28-30(3,29)17-8-9-17;/h4-7,10-13,17,25H,8-9,26H2,1-3H3;1H. The Labute approximate surface area is 177 Å². The molecule has 1 atom stereocenters. The number of rotatable bonds is 5. The Bertz CT molecular complexity index is 1280. The normalized spacial score (nSPS) is 15.9. The van der Waals surface area contributed by atoms with Gasteiger partial charge in [0.2, 0.25) is 0 Å². The van der Waals surface area contributed by atoms with Crippen LogP contribution < -0.4 is 5.73 Å². The molecular formula is C23H27FN4OS. The highest BCUT2D eigenvalue weighted by molar-refractivity contribution is 7.93. The molecule has 0 bridgehead atoms. The average Bonchev–Trinajstić information content (AvgIpc) is 3.54. The van der Waals surface area contributed by atoms with E-state index in [0.717, 1.165) is 35.0 Å². The molecule has 7 heteroatoms. The minimum Gasteiger partial charge on any atom is -0.398 e. The molecule has 0 aliphatic heterocycles. The second-order valence-corrected chi connectivity index (χ2v) is 10.8. The van der Waals surface area contributed by atoms with Gasteiger partial charge in [-0.15, -0.1) is 0 Å². The molecule has 1 aliphatic carbocycles. The van der Waals surface area contributed by atoms with Gasteiger partial charge in [0.25, 0.3) is 0 Å². The molecule has 158 valence electrons. The lowest BCUT2D eigenvalue weighted by Crippen LogP contribution is -2.05. The molecule has 0 radical (unpaired) electrons. The summed E-state index contributed by atoms with van der Waals surface area (Å²) in [6.45, 7) is 4.06. The largest absolute Gasteiger partial charge is 0.398 e. The first-order valence-corrected chi connectivity index (χ1v) is 11.9. The summed E-state index contributed by atoms with van der Waals surface area (Å²) >= 11 is 0. The van der Waals surface area contributed by atoms with Gasteiger partial charge in [0.1, 0.15) is 5.82 Å². The number of pyridine rings is 1. The van der Waals surface area contributed by atoms with E-state index in [1.165, 1.54) is 18.3 Å². The average molecular weight is 427 g/mol. The first-order chi connectivity index (χ1) is 14.2. The highest BCUT2D eigenvalue weighted by Crippen LogP contribution is 2.41. The van der Waals surface area contributed by atoms with Gasteiger partial charge in [0.05, 0.1) is 15.4 Å². The number of nitrogens with two attached hydrogens (primary N) is 1. The van der Waals surface area contributed by atoms with E-state index in [4.69, 9.17) is 16.1 Å². The number of fused-ring (bicyclic) bond motifs is 1. The van der Waals surface area contributed by atoms with Crippen LogP contribution in [0.4, 0.5) is 15.9 Å². The van der Waals surface area contributed by atoms with Crippen molar-refractivity contribution in [1.29, 1.82) is 5.41 Å². The van der Waals surface area contributed by atoms with Crippen LogP contribution in [0, 0.1) is 11.2 Å². The van der Waals surface area contributed by atoms with Crippen LogP contribution in [0.25, 0.3) is 21.9 Å². The van der Waals surface area contributed by atoms with E-state index in [1.54, 1.807) is 24.5 Å². The lowest BCUT2D eigenvalue weighted by molar-refractivity contribution is 0.628. The zero-order valence-electron chi connectivity index (χ0n) is 17.3. The topological polar surface area (TPSA) is 92.2 Å². The Hall–Kier alpha value is -2.80. The maximum Gasteiger partial charge on any atom is 0.169 e. The highest BCUT2D eigenvalue weighted by Gasteiger charge is 2.31. The van der Waals surface area contributed by atoms with Crippen LogP contribution in [0.15, 0.2) is 40.8 Å². The molecule has 30 heavy (non-hydrogen) atoms. The van der Waals surface area contributed by atoms with Gasteiger partial charge in [-0.05, 0) is 54.0 Å². The van der Waals surface area contributed by atoms with Gasteiger partial charge in [0, 0.05) is 41.3 Å². The van der Waals surface area contributed by atoms with E-state index >= 15 is 0 Å². The number of anilines is 1. The molecule has 3 aromatic rings. The van der Waals surface area contributed by atoms with Crippen LogP contribution in [0.5, 0.6) is 0 Å². The molecule has 1 unspecified atom stereocenters. The number of nitrogens with zero attached hydrogens (tertiary/aromatic N) is 2. The number of hydrogen-bond donors (Lipinski definition) is 2. The number of nitrogens with one attached hydrogen (secondary N) is 1. The number of nitrogen functional groups attached to an aromatic ring is 1. The molecular weight excluding hydrogens is 399 g/mol. The van der Waals surface area contributed by atoms with Crippen molar-refractivity contribution in [3.63, 3.8) is 0 Å². The molecule has 5 nitrogen and oxygen atoms in total. The van der Waals surface area contributed by atoms with Crippen LogP contribution >= 0.6 is 0 Å². The van der Waals surface area contributed by atoms with Crippen LogP contribution in [0.1, 0.15) is 45.3 Å². The molecule has 0 amide bonds. The van der Waals surface area contributed by atoms with E-state index < -0.39 is 9.73 Å². The fraction of sp³-hybridized carbons (Fsp3) is 0.304. The van der Waals surface area contributed by atoms with Crippen LogP contribution in [-0.2, 0) is 9.73 Å². The molecule has 0 saturated heterocycles. The molecule has 2 aromatic carbocycles. The van der Waals surface area contributed by atoms with Crippen molar-refractivity contribution in [2.45, 2.75) is 37.9 Å². The van der Waals surface area contributed by atoms with Gasteiger partial charge >= 0.3 is 0 Å². The molecule has 1 saturated carbocycles. The zero-order valence-corrected chi connectivity index (χ0v) is 18.1. The Morgan fingerprint density at radius 3 is 2.50 bits per heavy atom. The smallest absolute Gasteiger partial charge is 0.169 e. The van der Waals surface area contributed by atoms with Crippen molar-refractivity contribution in [3.05, 3.63) is 53.5 Å². The summed E-state index contributed by atoms with van der Waals surface area (Å²) in [7, 11) is -2.41. The summed E-state index contributed by atoms with van der Waals surface area (Å²) in [4.78, 5) is 4.84. The number of halogens is 1. The van der Waals surface area contributed by atoms with E-state index in [0.29, 0.717) is 22.5 Å². The van der Waals surface area contributed by atoms with Gasteiger partial charge in [-0.3, -0.25) is 0 Å². The Morgan fingerprint density at radius 1 is 1.27 bits per heavy atom. The maximum atomic E-state index is 13.6. The van der Waals surface area contributed by atoms with Crippen molar-refractivity contribution in [2.24, 2.45) is 4.36 Å². The quantitative estimate of drug-likeness (QED) is 0.394. The summed E-state index contributed by atoms with van der Waals surface area (Å²) in [6, 6.07) is 9.89. The van der Waals surface area contributed by atoms with E-state index in [9.17, 15) is 8.60 Å². The molecule has 4 rings (SSSR count). The Balaban J connectivity index is 0.00000272. The van der Waals surface area contributed by atoms with Crippen molar-refractivity contribution in [2.75, 3.05) is 12.0 Å². The first-order valence-electron chi connectivity index (χ1n) is 9.95. The van der Waals surface area contributed by atoms with Crippen molar-refractivity contribution in [3.8, 4) is 11.1 Å². The monoisotopic (exact) mass is 426 g/mol. The number of benzene rings is 2. The fourth-order valence-electron chi connectivity index (χ4n) is 3.68. The van der Waals surface area contributed by atoms with Gasteiger partial charge < -0.3 is 11.1 Å². The van der Waals surface area contributed by atoms with Crippen molar-refractivity contribution >= 4 is 38.2 Å². The molecule has 1 fully saturated rings. The van der Waals surface area contributed by atoms with Crippen LogP contribution in [0.3, 0.4) is 0 Å². The summed E-state index contributed by atoms with van der Waals surface area (Å²) in [6.07, 6.45) is 4.74. The summed E-state index contributed by atoms with van der Waals surface area (Å²) in [5.41, 5.74) is 9.66. The predicted molar refractivity (Wildman–Crippen MR) is 125 cm³/mol. The molecule has 0 spiro atoms. The maximum absolute atomic E-state index is 13.6. The third-order valence-electron chi connectivity index (χ3n) is 5.46. The summed E-state index contributed by atoms with van der Waals surface area (Å²) in [5.74, 6) is 0.161. The Morgan fingerprint density at radius 2 is 1.93 bits per heavy atom. The SMILES string of the molecule is CC(C)c1nc(N=S(C)(=O)C2CC2)c2cc(N)c(C=N)cc2c1-c1ccc(F)cc1.[HH]. The summed E-state index contributed by atoms with van der Waals surface area (Å²) in [5, 5.41) is 9.34. The minimum atomic E-state index is -2.41. The third-order valence-corrected chi connectivity index (χ3v) is 7.71. The second kappa shape index (κ2) is 7.47. The molecule has 1 aromatic heterocycles. The summed E-state index contributed by atoms with van der Waals surface area (Å²) < 4.78 is 31.3. The van der Waals surface area contributed by atoms with Gasteiger partial charge in [0.15, 0.2) is 5.82 Å². The highest BCUT2D eigenvalue weighted by atomic mass is 32.2. The van der Waals surface area contributed by atoms with Gasteiger partial charge in [-0.2, -0.15) is 4.36 Å². The lowest BCUT2D eigenvalue weighted by atomic mass is 9.91. The molecule has 1 heterocycles. The Kier molecular flexibility index (Phi) is 5.10. The van der Waals surface area contributed by atoms with Crippen molar-refractivity contribution in [1.82, 2.24) is 4.98 Å². The number of hydrogen-bond acceptors (Lipinski definition) is 5.